The van der Waals surface area contributed by atoms with Gasteiger partial charge in [0.15, 0.2) is 0 Å². The van der Waals surface area contributed by atoms with Crippen molar-refractivity contribution in [1.29, 1.82) is 0 Å². The number of fused-ring (bicyclic) bond motifs is 1. The molecule has 1 N–H and O–H groups in total. The zero-order chi connectivity index (χ0) is 13.2. The third kappa shape index (κ3) is 2.85. The molecule has 0 saturated carbocycles. The van der Waals surface area contributed by atoms with E-state index in [1.165, 1.54) is 31.5 Å². The van der Waals surface area contributed by atoms with Gasteiger partial charge in [-0.3, -0.25) is 4.90 Å². The highest BCUT2D eigenvalue weighted by Gasteiger charge is 2.43. The molecule has 1 aromatic rings. The molecule has 3 rings (SSSR count). The number of nitrogens with zero attached hydrogens (tertiary/aromatic N) is 1. The molecule has 0 aromatic heterocycles. The lowest BCUT2D eigenvalue weighted by atomic mass is 9.94. The molecule has 2 heteroatoms. The van der Waals surface area contributed by atoms with E-state index in [4.69, 9.17) is 0 Å². The molecule has 19 heavy (non-hydrogen) atoms. The van der Waals surface area contributed by atoms with E-state index in [0.29, 0.717) is 0 Å². The molecule has 2 heterocycles. The van der Waals surface area contributed by atoms with Crippen LogP contribution in [-0.4, -0.2) is 30.1 Å². The van der Waals surface area contributed by atoms with E-state index in [1.807, 2.05) is 0 Å². The third-order valence-electron chi connectivity index (χ3n) is 4.70. The SMILES string of the molecule is CC(C)C[C@H]1C2NCCC2CN1Cc1ccccc1. The van der Waals surface area contributed by atoms with Crippen LogP contribution < -0.4 is 5.32 Å². The average Bonchev–Trinajstić information content (AvgIpc) is 2.94. The molecular formula is C17H26N2. The molecule has 0 bridgehead atoms. The minimum atomic E-state index is 0.729. The second-order valence-corrected chi connectivity index (χ2v) is 6.64. The van der Waals surface area contributed by atoms with Gasteiger partial charge in [0.1, 0.15) is 0 Å². The van der Waals surface area contributed by atoms with E-state index in [1.54, 1.807) is 0 Å². The number of likely N-dealkylation sites (tertiary alicyclic amines) is 1. The quantitative estimate of drug-likeness (QED) is 0.893. The maximum atomic E-state index is 3.75. The monoisotopic (exact) mass is 258 g/mol. The van der Waals surface area contributed by atoms with Crippen LogP contribution in [0.5, 0.6) is 0 Å². The summed E-state index contributed by atoms with van der Waals surface area (Å²) < 4.78 is 0. The molecule has 2 nitrogen and oxygen atoms in total. The van der Waals surface area contributed by atoms with Gasteiger partial charge in [-0.25, -0.2) is 0 Å². The first-order valence-corrected chi connectivity index (χ1v) is 7.75. The number of benzene rings is 1. The van der Waals surface area contributed by atoms with Crippen molar-refractivity contribution in [2.45, 2.75) is 45.3 Å². The van der Waals surface area contributed by atoms with Crippen molar-refractivity contribution < 1.29 is 0 Å². The lowest BCUT2D eigenvalue weighted by molar-refractivity contribution is 0.198. The standard InChI is InChI=1S/C17H26N2/c1-13(2)10-16-17-15(8-9-18-17)12-19(16)11-14-6-4-3-5-7-14/h3-7,13,15-18H,8-12H2,1-2H3/t15?,16-,17?/m0/s1. The van der Waals surface area contributed by atoms with Crippen molar-refractivity contribution in [1.82, 2.24) is 10.2 Å². The Kier molecular flexibility index (Phi) is 3.90. The van der Waals surface area contributed by atoms with Crippen molar-refractivity contribution in [3.05, 3.63) is 35.9 Å². The van der Waals surface area contributed by atoms with Crippen molar-refractivity contribution >= 4 is 0 Å². The molecule has 2 fully saturated rings. The Morgan fingerprint density at radius 3 is 2.79 bits per heavy atom. The fraction of sp³-hybridized carbons (Fsp3) is 0.647. The van der Waals surface area contributed by atoms with Crippen LogP contribution in [0, 0.1) is 11.8 Å². The van der Waals surface area contributed by atoms with Crippen LogP contribution >= 0.6 is 0 Å². The molecule has 2 saturated heterocycles. The minimum absolute atomic E-state index is 0.729. The Labute approximate surface area is 117 Å². The molecule has 0 spiro atoms. The van der Waals surface area contributed by atoms with Crippen LogP contribution in [0.3, 0.4) is 0 Å². The highest BCUT2D eigenvalue weighted by atomic mass is 15.2. The zero-order valence-electron chi connectivity index (χ0n) is 12.2. The molecule has 0 amide bonds. The molecular weight excluding hydrogens is 232 g/mol. The first-order chi connectivity index (χ1) is 9.24. The second kappa shape index (κ2) is 5.64. The van der Waals surface area contributed by atoms with Gasteiger partial charge in [-0.15, -0.1) is 0 Å². The molecule has 2 unspecified atom stereocenters. The maximum Gasteiger partial charge on any atom is 0.0264 e. The van der Waals surface area contributed by atoms with Gasteiger partial charge in [0.25, 0.3) is 0 Å². The van der Waals surface area contributed by atoms with Crippen molar-refractivity contribution in [3.63, 3.8) is 0 Å². The Balaban J connectivity index is 1.72. The van der Waals surface area contributed by atoms with E-state index in [-0.39, 0.29) is 0 Å². The van der Waals surface area contributed by atoms with Gasteiger partial charge < -0.3 is 5.32 Å². The number of rotatable bonds is 4. The van der Waals surface area contributed by atoms with Crippen LogP contribution in [0.2, 0.25) is 0 Å². The highest BCUT2D eigenvalue weighted by molar-refractivity contribution is 5.15. The summed E-state index contributed by atoms with van der Waals surface area (Å²) in [6.45, 7) is 8.33. The second-order valence-electron chi connectivity index (χ2n) is 6.64. The Hall–Kier alpha value is -0.860. The smallest absolute Gasteiger partial charge is 0.0264 e. The molecule has 1 aromatic carbocycles. The van der Waals surface area contributed by atoms with Crippen LogP contribution in [0.25, 0.3) is 0 Å². The Morgan fingerprint density at radius 1 is 1.26 bits per heavy atom. The van der Waals surface area contributed by atoms with E-state index in [2.05, 4.69) is 54.4 Å². The summed E-state index contributed by atoms with van der Waals surface area (Å²) in [5.74, 6) is 1.66. The first kappa shape index (κ1) is 13.1. The predicted octanol–water partition coefficient (Wildman–Crippen LogP) is 2.90. The topological polar surface area (TPSA) is 15.3 Å². The van der Waals surface area contributed by atoms with Crippen LogP contribution in [0.4, 0.5) is 0 Å². The van der Waals surface area contributed by atoms with E-state index in [9.17, 15) is 0 Å². The normalized spacial score (nSPS) is 31.0. The summed E-state index contributed by atoms with van der Waals surface area (Å²) in [5.41, 5.74) is 1.45. The zero-order valence-corrected chi connectivity index (χ0v) is 12.2. The number of nitrogens with one attached hydrogen (secondary N) is 1. The lowest BCUT2D eigenvalue weighted by Gasteiger charge is -2.29. The van der Waals surface area contributed by atoms with E-state index < -0.39 is 0 Å². The first-order valence-electron chi connectivity index (χ1n) is 7.75. The van der Waals surface area contributed by atoms with Crippen molar-refractivity contribution in [2.24, 2.45) is 11.8 Å². The van der Waals surface area contributed by atoms with Gasteiger partial charge >= 0.3 is 0 Å². The van der Waals surface area contributed by atoms with Crippen LogP contribution in [-0.2, 0) is 6.54 Å². The summed E-state index contributed by atoms with van der Waals surface area (Å²) in [4.78, 5) is 2.72. The minimum Gasteiger partial charge on any atom is -0.312 e. The molecule has 104 valence electrons. The largest absolute Gasteiger partial charge is 0.312 e. The van der Waals surface area contributed by atoms with E-state index in [0.717, 1.165) is 30.5 Å². The van der Waals surface area contributed by atoms with Gasteiger partial charge in [0.05, 0.1) is 0 Å². The van der Waals surface area contributed by atoms with Gasteiger partial charge in [-0.2, -0.15) is 0 Å². The Morgan fingerprint density at radius 2 is 2.05 bits per heavy atom. The summed E-state index contributed by atoms with van der Waals surface area (Å²) in [5, 5.41) is 3.75. The molecule has 3 atom stereocenters. The van der Waals surface area contributed by atoms with Gasteiger partial charge in [-0.1, -0.05) is 44.2 Å². The summed E-state index contributed by atoms with van der Waals surface area (Å²) >= 11 is 0. The maximum absolute atomic E-state index is 3.75. The van der Waals surface area contributed by atoms with E-state index >= 15 is 0 Å². The predicted molar refractivity (Wildman–Crippen MR) is 80.0 cm³/mol. The summed E-state index contributed by atoms with van der Waals surface area (Å²) in [6, 6.07) is 12.4. The van der Waals surface area contributed by atoms with Crippen molar-refractivity contribution in [2.75, 3.05) is 13.1 Å². The molecule has 2 aliphatic heterocycles. The van der Waals surface area contributed by atoms with Crippen LogP contribution in [0.15, 0.2) is 30.3 Å². The number of hydrogen-bond donors (Lipinski definition) is 1. The molecule has 0 radical (unpaired) electrons. The fourth-order valence-corrected chi connectivity index (χ4v) is 3.88. The van der Waals surface area contributed by atoms with Gasteiger partial charge in [0, 0.05) is 25.2 Å². The van der Waals surface area contributed by atoms with Gasteiger partial charge in [-0.05, 0) is 36.8 Å². The number of hydrogen-bond acceptors (Lipinski definition) is 2. The molecule has 0 aliphatic carbocycles. The molecule has 2 aliphatic rings. The Bertz CT molecular complexity index is 401. The summed E-state index contributed by atoms with van der Waals surface area (Å²) in [7, 11) is 0. The lowest BCUT2D eigenvalue weighted by Crippen LogP contribution is -2.41. The van der Waals surface area contributed by atoms with Gasteiger partial charge in [0.2, 0.25) is 0 Å². The fourth-order valence-electron chi connectivity index (χ4n) is 3.88. The van der Waals surface area contributed by atoms with Crippen LogP contribution in [0.1, 0.15) is 32.3 Å². The van der Waals surface area contributed by atoms with Crippen molar-refractivity contribution in [3.8, 4) is 0 Å². The average molecular weight is 258 g/mol. The third-order valence-corrected chi connectivity index (χ3v) is 4.70. The summed E-state index contributed by atoms with van der Waals surface area (Å²) in [6.07, 6.45) is 2.69. The highest BCUT2D eigenvalue weighted by Crippen LogP contribution is 2.34.